The van der Waals surface area contributed by atoms with Gasteiger partial charge in [0.05, 0.1) is 0 Å². The van der Waals surface area contributed by atoms with E-state index in [4.69, 9.17) is 0 Å². The maximum absolute atomic E-state index is 2.16. The second-order valence-electron chi connectivity index (χ2n) is 2.55. The van der Waals surface area contributed by atoms with Crippen LogP contribution in [0, 0.1) is 7.43 Å². The SMILES string of the molecule is CC.CC.CCC.CCc1ccccc1.[CH3-].[Rb+]. The molecular formula is C16H33Rb. The summed E-state index contributed by atoms with van der Waals surface area (Å²) in [5, 5.41) is 0. The summed E-state index contributed by atoms with van der Waals surface area (Å²) in [4.78, 5) is 0. The molecule has 1 rings (SSSR count). The fourth-order valence-electron chi connectivity index (χ4n) is 0.714. The monoisotopic (exact) mass is 310 g/mol. The van der Waals surface area contributed by atoms with Gasteiger partial charge in [0, 0.05) is 0 Å². The second-order valence-corrected chi connectivity index (χ2v) is 2.55. The molecule has 0 radical (unpaired) electrons. The summed E-state index contributed by atoms with van der Waals surface area (Å²) in [6, 6.07) is 10.5. The van der Waals surface area contributed by atoms with Gasteiger partial charge in [-0.1, -0.05) is 85.2 Å². The van der Waals surface area contributed by atoms with Gasteiger partial charge in [0.15, 0.2) is 0 Å². The standard InChI is InChI=1S/C8H10.C3H8.2C2H6.CH3.Rb/c1-2-8-6-4-3-5-7-8;1-3-2;2*1-2;;/h3-7H,2H2,1H3;3H2,1-2H3;2*1-2H3;1H3;/q;;;;-1;+1. The fraction of sp³-hybridized carbons (Fsp3) is 0.562. The predicted octanol–water partition coefficient (Wildman–Crippen LogP) is 3.17. The summed E-state index contributed by atoms with van der Waals surface area (Å²) in [6.45, 7) is 14.4. The third kappa shape index (κ3) is 31.6. The Hall–Kier alpha value is 1.03. The van der Waals surface area contributed by atoms with E-state index in [1.54, 1.807) is 0 Å². The number of benzene rings is 1. The van der Waals surface area contributed by atoms with Gasteiger partial charge >= 0.3 is 58.2 Å². The molecule has 0 spiro atoms. The van der Waals surface area contributed by atoms with Crippen molar-refractivity contribution in [3.8, 4) is 0 Å². The molecule has 0 saturated carbocycles. The van der Waals surface area contributed by atoms with Gasteiger partial charge in [-0.2, -0.15) is 0 Å². The minimum absolute atomic E-state index is 0. The molecule has 0 aliphatic rings. The van der Waals surface area contributed by atoms with Crippen LogP contribution in [0.4, 0.5) is 0 Å². The van der Waals surface area contributed by atoms with Crippen LogP contribution in [0.3, 0.4) is 0 Å². The Labute approximate surface area is 160 Å². The third-order valence-corrected chi connectivity index (χ3v) is 1.25. The Morgan fingerprint density at radius 1 is 0.765 bits per heavy atom. The smallest absolute Gasteiger partial charge is 0.358 e. The molecule has 1 aromatic rings. The molecule has 0 aromatic heterocycles. The Morgan fingerprint density at radius 3 is 1.24 bits per heavy atom. The number of hydrogen-bond acceptors (Lipinski definition) is 0. The van der Waals surface area contributed by atoms with Crippen LogP contribution in [0.25, 0.3) is 0 Å². The van der Waals surface area contributed by atoms with Gasteiger partial charge in [0.25, 0.3) is 0 Å². The van der Waals surface area contributed by atoms with Crippen LogP contribution in [-0.4, -0.2) is 0 Å². The maximum atomic E-state index is 2.16. The normalized spacial score (nSPS) is 6.06. The number of aryl methyl sites for hydroxylation is 1. The zero-order valence-electron chi connectivity index (χ0n) is 13.8. The van der Waals surface area contributed by atoms with E-state index in [2.05, 4.69) is 45.0 Å². The molecule has 98 valence electrons. The molecule has 0 amide bonds. The van der Waals surface area contributed by atoms with Gasteiger partial charge in [-0.3, -0.25) is 0 Å². The molecule has 17 heavy (non-hydrogen) atoms. The topological polar surface area (TPSA) is 0 Å². The summed E-state index contributed by atoms with van der Waals surface area (Å²) in [5.74, 6) is 0. The minimum atomic E-state index is 0. The van der Waals surface area contributed by atoms with E-state index >= 15 is 0 Å². The van der Waals surface area contributed by atoms with Crippen molar-refractivity contribution in [1.82, 2.24) is 0 Å². The first-order chi connectivity index (χ1) is 7.35. The predicted molar refractivity (Wildman–Crippen MR) is 80.9 cm³/mol. The summed E-state index contributed by atoms with van der Waals surface area (Å²) < 4.78 is 0. The van der Waals surface area contributed by atoms with Crippen molar-refractivity contribution >= 4 is 0 Å². The zero-order valence-corrected chi connectivity index (χ0v) is 18.7. The van der Waals surface area contributed by atoms with Crippen LogP contribution in [0.15, 0.2) is 30.3 Å². The van der Waals surface area contributed by atoms with E-state index in [1.165, 1.54) is 12.0 Å². The second kappa shape index (κ2) is 36.0. The van der Waals surface area contributed by atoms with Crippen molar-refractivity contribution in [2.75, 3.05) is 0 Å². The average molecular weight is 311 g/mol. The van der Waals surface area contributed by atoms with Crippen molar-refractivity contribution in [2.45, 2.75) is 61.3 Å². The van der Waals surface area contributed by atoms with Crippen LogP contribution in [-0.2, 0) is 6.42 Å². The van der Waals surface area contributed by atoms with Crippen molar-refractivity contribution in [2.24, 2.45) is 0 Å². The van der Waals surface area contributed by atoms with Crippen LogP contribution >= 0.6 is 0 Å². The van der Waals surface area contributed by atoms with E-state index in [0.717, 1.165) is 6.42 Å². The van der Waals surface area contributed by atoms with Crippen LogP contribution in [0.2, 0.25) is 0 Å². The first-order valence-electron chi connectivity index (χ1n) is 6.39. The van der Waals surface area contributed by atoms with Gasteiger partial charge in [0.1, 0.15) is 0 Å². The van der Waals surface area contributed by atoms with Gasteiger partial charge < -0.3 is 7.43 Å². The van der Waals surface area contributed by atoms with Crippen molar-refractivity contribution in [1.29, 1.82) is 0 Å². The van der Waals surface area contributed by atoms with Crippen LogP contribution < -0.4 is 58.2 Å². The van der Waals surface area contributed by atoms with Crippen molar-refractivity contribution in [3.63, 3.8) is 0 Å². The maximum Gasteiger partial charge on any atom is 1.00 e. The zero-order chi connectivity index (χ0) is 12.5. The molecule has 0 aliphatic carbocycles. The summed E-state index contributed by atoms with van der Waals surface area (Å²) in [5.41, 5.74) is 1.41. The van der Waals surface area contributed by atoms with Gasteiger partial charge in [-0.05, 0) is 12.0 Å². The van der Waals surface area contributed by atoms with Gasteiger partial charge in [-0.25, -0.2) is 0 Å². The molecule has 0 saturated heterocycles. The molecule has 0 unspecified atom stereocenters. The molecule has 1 heteroatoms. The Bertz CT molecular complexity index is 158. The van der Waals surface area contributed by atoms with E-state index in [0.29, 0.717) is 0 Å². The summed E-state index contributed by atoms with van der Waals surface area (Å²) in [6.07, 6.45) is 2.39. The minimum Gasteiger partial charge on any atom is -0.358 e. The molecule has 0 fully saturated rings. The first-order valence-corrected chi connectivity index (χ1v) is 6.39. The molecule has 0 aliphatic heterocycles. The average Bonchev–Trinajstić information content (AvgIpc) is 2.36. The summed E-state index contributed by atoms with van der Waals surface area (Å²) >= 11 is 0. The fourth-order valence-corrected chi connectivity index (χ4v) is 0.714. The summed E-state index contributed by atoms with van der Waals surface area (Å²) in [7, 11) is 0. The largest absolute Gasteiger partial charge is 1.00 e. The molecule has 0 N–H and O–H groups in total. The first kappa shape index (κ1) is 30.8. The van der Waals surface area contributed by atoms with E-state index in [9.17, 15) is 0 Å². The Morgan fingerprint density at radius 2 is 1.06 bits per heavy atom. The molecular weight excluding hydrogens is 278 g/mol. The van der Waals surface area contributed by atoms with E-state index in [1.807, 2.05) is 33.8 Å². The Balaban J connectivity index is -0.0000000466. The van der Waals surface area contributed by atoms with Gasteiger partial charge in [0.2, 0.25) is 0 Å². The van der Waals surface area contributed by atoms with Gasteiger partial charge in [-0.15, -0.1) is 0 Å². The quantitative estimate of drug-likeness (QED) is 0.699. The van der Waals surface area contributed by atoms with Crippen molar-refractivity contribution in [3.05, 3.63) is 43.3 Å². The molecule has 0 nitrogen and oxygen atoms in total. The number of hydrogen-bond donors (Lipinski definition) is 0. The third-order valence-electron chi connectivity index (χ3n) is 1.25. The molecule has 0 atom stereocenters. The molecule has 0 heterocycles. The number of rotatable bonds is 1. The molecule has 0 bridgehead atoms. The molecule has 1 aromatic carbocycles. The van der Waals surface area contributed by atoms with Crippen LogP contribution in [0.1, 0.15) is 60.5 Å². The van der Waals surface area contributed by atoms with Crippen molar-refractivity contribution < 1.29 is 58.2 Å². The Kier molecular flexibility index (Phi) is 65.2. The van der Waals surface area contributed by atoms with Crippen LogP contribution in [0.5, 0.6) is 0 Å². The van der Waals surface area contributed by atoms with E-state index in [-0.39, 0.29) is 65.6 Å². The van der Waals surface area contributed by atoms with E-state index < -0.39 is 0 Å².